The molecular formula is C23H28N4O2. The van der Waals surface area contributed by atoms with E-state index in [4.69, 9.17) is 9.72 Å². The van der Waals surface area contributed by atoms with Crippen LogP contribution in [0.4, 0.5) is 5.69 Å². The van der Waals surface area contributed by atoms with Gasteiger partial charge in [-0.3, -0.25) is 4.79 Å². The molecule has 1 saturated heterocycles. The van der Waals surface area contributed by atoms with Gasteiger partial charge in [-0.2, -0.15) is 0 Å². The molecule has 1 amide bonds. The Balaban J connectivity index is 1.55. The smallest absolute Gasteiger partial charge is 0.248 e. The first kappa shape index (κ1) is 19.5. The molecule has 3 heterocycles. The van der Waals surface area contributed by atoms with Crippen molar-refractivity contribution >= 4 is 17.2 Å². The van der Waals surface area contributed by atoms with Gasteiger partial charge in [0.25, 0.3) is 0 Å². The number of aryl methyl sites for hydroxylation is 2. The lowest BCUT2D eigenvalue weighted by Gasteiger charge is -2.36. The number of hydrogen-bond acceptors (Lipinski definition) is 4. The van der Waals surface area contributed by atoms with Gasteiger partial charge < -0.3 is 18.9 Å². The first-order valence-corrected chi connectivity index (χ1v) is 10.2. The summed E-state index contributed by atoms with van der Waals surface area (Å²) in [5.41, 5.74) is 6.70. The second-order valence-corrected chi connectivity index (χ2v) is 7.48. The van der Waals surface area contributed by atoms with E-state index in [0.717, 1.165) is 43.2 Å². The fourth-order valence-corrected chi connectivity index (χ4v) is 3.93. The number of aromatic nitrogens is 2. The van der Waals surface area contributed by atoms with Crippen molar-refractivity contribution in [2.24, 2.45) is 0 Å². The summed E-state index contributed by atoms with van der Waals surface area (Å²) in [5, 5.41) is 0. The fraction of sp³-hybridized carbons (Fsp3) is 0.391. The molecule has 0 spiro atoms. The zero-order valence-corrected chi connectivity index (χ0v) is 17.4. The van der Waals surface area contributed by atoms with Crippen LogP contribution in [-0.2, 0) is 9.53 Å². The highest BCUT2D eigenvalue weighted by Crippen LogP contribution is 2.31. The van der Waals surface area contributed by atoms with Crippen LogP contribution in [0.5, 0.6) is 0 Å². The number of piperazine rings is 1. The summed E-state index contributed by atoms with van der Waals surface area (Å²) < 4.78 is 7.39. The summed E-state index contributed by atoms with van der Waals surface area (Å²) in [7, 11) is 0. The van der Waals surface area contributed by atoms with Gasteiger partial charge in [-0.1, -0.05) is 12.1 Å². The van der Waals surface area contributed by atoms with Crippen molar-refractivity contribution in [2.75, 3.05) is 44.3 Å². The van der Waals surface area contributed by atoms with Gasteiger partial charge in [0.15, 0.2) is 0 Å². The summed E-state index contributed by atoms with van der Waals surface area (Å²) in [6.45, 7) is 10.0. The number of fused-ring (bicyclic) bond motifs is 1. The number of carbonyl (C=O) groups is 1. The van der Waals surface area contributed by atoms with E-state index in [2.05, 4.69) is 47.5 Å². The van der Waals surface area contributed by atoms with Gasteiger partial charge in [0, 0.05) is 55.9 Å². The van der Waals surface area contributed by atoms with E-state index in [1.54, 1.807) is 0 Å². The summed E-state index contributed by atoms with van der Waals surface area (Å²) in [6, 6.07) is 12.7. The number of ether oxygens (including phenoxy) is 1. The Bertz CT molecular complexity index is 1020. The molecule has 4 rings (SSSR count). The van der Waals surface area contributed by atoms with E-state index >= 15 is 0 Å². The number of imidazole rings is 1. The van der Waals surface area contributed by atoms with Gasteiger partial charge in [-0.15, -0.1) is 0 Å². The van der Waals surface area contributed by atoms with E-state index in [1.165, 1.54) is 16.8 Å². The second-order valence-electron chi connectivity index (χ2n) is 7.48. The lowest BCUT2D eigenvalue weighted by atomic mass is 10.0. The van der Waals surface area contributed by atoms with E-state index in [0.29, 0.717) is 6.61 Å². The number of rotatable bonds is 5. The number of hydrogen-bond donors (Lipinski definition) is 0. The molecule has 1 fully saturated rings. The molecule has 0 saturated carbocycles. The van der Waals surface area contributed by atoms with Gasteiger partial charge in [0.2, 0.25) is 5.91 Å². The van der Waals surface area contributed by atoms with Crippen LogP contribution in [0.25, 0.3) is 16.9 Å². The maximum absolute atomic E-state index is 12.2. The first-order chi connectivity index (χ1) is 14.1. The summed E-state index contributed by atoms with van der Waals surface area (Å²) in [5.74, 6) is 0.0800. The van der Waals surface area contributed by atoms with Crippen LogP contribution in [0, 0.1) is 13.8 Å². The van der Waals surface area contributed by atoms with Gasteiger partial charge in [0.05, 0.1) is 5.69 Å². The maximum atomic E-state index is 12.2. The molecule has 0 radical (unpaired) electrons. The normalized spacial score (nSPS) is 14.6. The van der Waals surface area contributed by atoms with Crippen molar-refractivity contribution in [3.8, 4) is 11.3 Å². The molecule has 0 unspecified atom stereocenters. The molecule has 0 aliphatic carbocycles. The van der Waals surface area contributed by atoms with Crippen molar-refractivity contribution < 1.29 is 9.53 Å². The molecule has 3 aromatic rings. The highest BCUT2D eigenvalue weighted by molar-refractivity contribution is 5.78. The lowest BCUT2D eigenvalue weighted by molar-refractivity contribution is -0.136. The SMILES string of the molecule is CCOCC(=O)N1CCN(c2ccc(C)c(-c3nc4ccccn4c3C)c2)CC1. The third-order valence-corrected chi connectivity index (χ3v) is 5.67. The van der Waals surface area contributed by atoms with E-state index in [1.807, 2.05) is 30.0 Å². The molecule has 0 bridgehead atoms. The van der Waals surface area contributed by atoms with E-state index in [9.17, 15) is 4.79 Å². The zero-order chi connectivity index (χ0) is 20.4. The van der Waals surface area contributed by atoms with Gasteiger partial charge in [-0.25, -0.2) is 4.98 Å². The largest absolute Gasteiger partial charge is 0.372 e. The van der Waals surface area contributed by atoms with Gasteiger partial charge >= 0.3 is 0 Å². The van der Waals surface area contributed by atoms with Crippen LogP contribution in [0.1, 0.15) is 18.2 Å². The minimum atomic E-state index is 0.0800. The second kappa shape index (κ2) is 8.25. The standard InChI is InChI=1S/C23H28N4O2/c1-4-29-16-22(28)26-13-11-25(12-14-26)19-9-8-17(2)20(15-19)23-18(3)27-10-6-5-7-21(27)24-23/h5-10,15H,4,11-14,16H2,1-3H3. The highest BCUT2D eigenvalue weighted by atomic mass is 16.5. The maximum Gasteiger partial charge on any atom is 0.248 e. The predicted octanol–water partition coefficient (Wildman–Crippen LogP) is 3.30. The van der Waals surface area contributed by atoms with Crippen molar-refractivity contribution in [1.29, 1.82) is 0 Å². The zero-order valence-electron chi connectivity index (χ0n) is 17.4. The third-order valence-electron chi connectivity index (χ3n) is 5.67. The molecule has 0 N–H and O–H groups in total. The highest BCUT2D eigenvalue weighted by Gasteiger charge is 2.22. The van der Waals surface area contributed by atoms with Crippen LogP contribution in [0.15, 0.2) is 42.6 Å². The monoisotopic (exact) mass is 392 g/mol. The average molecular weight is 393 g/mol. The predicted molar refractivity (Wildman–Crippen MR) is 115 cm³/mol. The quantitative estimate of drug-likeness (QED) is 0.669. The Morgan fingerprint density at radius 2 is 1.90 bits per heavy atom. The molecule has 0 atom stereocenters. The number of amides is 1. The van der Waals surface area contributed by atoms with Crippen molar-refractivity contribution in [2.45, 2.75) is 20.8 Å². The van der Waals surface area contributed by atoms with Crippen LogP contribution in [-0.4, -0.2) is 59.6 Å². The topological polar surface area (TPSA) is 50.1 Å². The minimum Gasteiger partial charge on any atom is -0.372 e. The fourth-order valence-electron chi connectivity index (χ4n) is 3.93. The lowest BCUT2D eigenvalue weighted by Crippen LogP contribution is -2.49. The summed E-state index contributed by atoms with van der Waals surface area (Å²) >= 11 is 0. The van der Waals surface area contributed by atoms with Crippen LogP contribution >= 0.6 is 0 Å². The van der Waals surface area contributed by atoms with Crippen molar-refractivity contribution in [3.05, 3.63) is 53.9 Å². The first-order valence-electron chi connectivity index (χ1n) is 10.2. The average Bonchev–Trinajstić information content (AvgIpc) is 3.09. The van der Waals surface area contributed by atoms with E-state index < -0.39 is 0 Å². The van der Waals surface area contributed by atoms with Gasteiger partial charge in [-0.05, 0) is 50.6 Å². The van der Waals surface area contributed by atoms with Crippen molar-refractivity contribution in [1.82, 2.24) is 14.3 Å². The number of anilines is 1. The third kappa shape index (κ3) is 3.85. The van der Waals surface area contributed by atoms with Gasteiger partial charge in [0.1, 0.15) is 12.3 Å². The summed E-state index contributed by atoms with van der Waals surface area (Å²) in [6.07, 6.45) is 2.05. The van der Waals surface area contributed by atoms with E-state index in [-0.39, 0.29) is 12.5 Å². The molecule has 1 aromatic carbocycles. The van der Waals surface area contributed by atoms with Crippen LogP contribution in [0.3, 0.4) is 0 Å². The molecule has 152 valence electrons. The molecule has 2 aromatic heterocycles. The summed E-state index contributed by atoms with van der Waals surface area (Å²) in [4.78, 5) is 21.3. The Morgan fingerprint density at radius 1 is 1.10 bits per heavy atom. The number of nitrogens with zero attached hydrogens (tertiary/aromatic N) is 4. The number of carbonyl (C=O) groups excluding carboxylic acids is 1. The minimum absolute atomic E-state index is 0.0800. The van der Waals surface area contributed by atoms with Crippen LogP contribution < -0.4 is 4.90 Å². The molecular weight excluding hydrogens is 364 g/mol. The molecule has 6 nitrogen and oxygen atoms in total. The number of benzene rings is 1. The molecule has 29 heavy (non-hydrogen) atoms. The Morgan fingerprint density at radius 3 is 2.62 bits per heavy atom. The molecule has 1 aliphatic rings. The molecule has 1 aliphatic heterocycles. The Hall–Kier alpha value is -2.86. The van der Waals surface area contributed by atoms with Crippen molar-refractivity contribution in [3.63, 3.8) is 0 Å². The van der Waals surface area contributed by atoms with Crippen LogP contribution in [0.2, 0.25) is 0 Å². The Kier molecular flexibility index (Phi) is 5.53. The number of pyridine rings is 1. The molecule has 6 heteroatoms. The Labute approximate surface area is 171 Å².